The van der Waals surface area contributed by atoms with Gasteiger partial charge in [0.25, 0.3) is 0 Å². The molecule has 4 aromatic rings. The second-order valence-corrected chi connectivity index (χ2v) is 11.2. The van der Waals surface area contributed by atoms with Crippen LogP contribution in [0, 0.1) is 5.82 Å². The number of amides is 1. The summed E-state index contributed by atoms with van der Waals surface area (Å²) in [5.41, 5.74) is -0.487. The van der Waals surface area contributed by atoms with Crippen LogP contribution < -0.4 is 10.0 Å². The van der Waals surface area contributed by atoms with Crippen LogP contribution in [-0.4, -0.2) is 25.6 Å². The molecular formula is C25H21F4N3O3S2. The first-order valence-electron chi connectivity index (χ1n) is 10.9. The van der Waals surface area contributed by atoms with Crippen molar-refractivity contribution >= 4 is 43.0 Å². The summed E-state index contributed by atoms with van der Waals surface area (Å²) < 4.78 is 80.1. The van der Waals surface area contributed by atoms with Crippen molar-refractivity contribution in [2.45, 2.75) is 25.6 Å². The van der Waals surface area contributed by atoms with E-state index in [0.29, 0.717) is 16.0 Å². The highest BCUT2D eigenvalue weighted by molar-refractivity contribution is 7.92. The highest BCUT2D eigenvalue weighted by Crippen LogP contribution is 2.37. The fraction of sp³-hybridized carbons (Fsp3) is 0.200. The standard InChI is InChI=1S/C25H21F4N3O3S2/c1-14(15-7-9-19(18(26)11-15)32-37(2,34)35)24(33)30-13-17-8-10-22(25(27,28)29)31-23(17)21-12-16-5-3-4-6-20(16)36-21/h3-12,14,32H,13H2,1-2H3,(H,30,33). The van der Waals surface area contributed by atoms with Crippen molar-refractivity contribution in [2.24, 2.45) is 0 Å². The first-order valence-corrected chi connectivity index (χ1v) is 13.6. The zero-order valence-corrected chi connectivity index (χ0v) is 21.2. The Kier molecular flexibility index (Phi) is 7.24. The maximum atomic E-state index is 14.4. The van der Waals surface area contributed by atoms with Gasteiger partial charge >= 0.3 is 6.18 Å². The molecule has 2 heterocycles. The van der Waals surface area contributed by atoms with Crippen molar-refractivity contribution < 1.29 is 30.8 Å². The molecule has 37 heavy (non-hydrogen) atoms. The minimum Gasteiger partial charge on any atom is -0.351 e. The molecule has 1 unspecified atom stereocenters. The molecule has 0 saturated heterocycles. The molecule has 0 aliphatic rings. The van der Waals surface area contributed by atoms with Crippen LogP contribution in [0.1, 0.15) is 29.7 Å². The number of carbonyl (C=O) groups excluding carboxylic acids is 1. The van der Waals surface area contributed by atoms with Gasteiger partial charge in [-0.3, -0.25) is 9.52 Å². The highest BCUT2D eigenvalue weighted by atomic mass is 32.2. The predicted octanol–water partition coefficient (Wildman–Crippen LogP) is 5.91. The number of nitrogens with one attached hydrogen (secondary N) is 2. The quantitative estimate of drug-likeness (QED) is 0.280. The topological polar surface area (TPSA) is 88.2 Å². The van der Waals surface area contributed by atoms with Gasteiger partial charge in [0.2, 0.25) is 15.9 Å². The van der Waals surface area contributed by atoms with Crippen LogP contribution in [0.3, 0.4) is 0 Å². The molecule has 0 aliphatic carbocycles. The summed E-state index contributed by atoms with van der Waals surface area (Å²) in [4.78, 5) is 17.2. The van der Waals surface area contributed by atoms with E-state index in [1.165, 1.54) is 36.5 Å². The lowest BCUT2D eigenvalue weighted by Crippen LogP contribution is -2.28. The Hall–Kier alpha value is -3.51. The number of hydrogen-bond donors (Lipinski definition) is 2. The van der Waals surface area contributed by atoms with E-state index in [1.807, 2.05) is 29.0 Å². The first-order chi connectivity index (χ1) is 17.3. The summed E-state index contributed by atoms with van der Waals surface area (Å²) in [6, 6.07) is 15.0. The maximum absolute atomic E-state index is 14.4. The van der Waals surface area contributed by atoms with Crippen molar-refractivity contribution in [3.63, 3.8) is 0 Å². The van der Waals surface area contributed by atoms with Crippen LogP contribution in [0.4, 0.5) is 23.2 Å². The van der Waals surface area contributed by atoms with E-state index >= 15 is 0 Å². The molecule has 2 aromatic carbocycles. The number of pyridine rings is 1. The van der Waals surface area contributed by atoms with Crippen molar-refractivity contribution in [1.82, 2.24) is 10.3 Å². The summed E-state index contributed by atoms with van der Waals surface area (Å²) >= 11 is 1.30. The minimum absolute atomic E-state index is 0.103. The van der Waals surface area contributed by atoms with Crippen LogP contribution in [0.5, 0.6) is 0 Å². The molecule has 0 fully saturated rings. The summed E-state index contributed by atoms with van der Waals surface area (Å²) in [5, 5.41) is 3.54. The maximum Gasteiger partial charge on any atom is 0.433 e. The third-order valence-electron chi connectivity index (χ3n) is 5.56. The SMILES string of the molecule is CC(C(=O)NCc1ccc(C(F)(F)F)nc1-c1cc2ccccc2s1)c1ccc(NS(C)(=O)=O)c(F)c1. The van der Waals surface area contributed by atoms with Crippen LogP contribution in [0.2, 0.25) is 0 Å². The smallest absolute Gasteiger partial charge is 0.351 e. The van der Waals surface area contributed by atoms with E-state index < -0.39 is 39.5 Å². The Morgan fingerprint density at radius 3 is 2.46 bits per heavy atom. The number of carbonyl (C=O) groups is 1. The van der Waals surface area contributed by atoms with Gasteiger partial charge in [-0.2, -0.15) is 13.2 Å². The summed E-state index contributed by atoms with van der Waals surface area (Å²) in [6.07, 6.45) is -3.75. The van der Waals surface area contributed by atoms with Gasteiger partial charge in [0.15, 0.2) is 0 Å². The normalized spacial score (nSPS) is 12.9. The van der Waals surface area contributed by atoms with Crippen molar-refractivity contribution in [3.05, 3.63) is 83.3 Å². The predicted molar refractivity (Wildman–Crippen MR) is 135 cm³/mol. The second kappa shape index (κ2) is 10.1. The lowest BCUT2D eigenvalue weighted by molar-refractivity contribution is -0.141. The highest BCUT2D eigenvalue weighted by Gasteiger charge is 2.33. The van der Waals surface area contributed by atoms with E-state index in [-0.39, 0.29) is 17.9 Å². The summed E-state index contributed by atoms with van der Waals surface area (Å²) in [5.74, 6) is -2.16. The minimum atomic E-state index is -4.63. The van der Waals surface area contributed by atoms with Crippen LogP contribution in [0.25, 0.3) is 20.7 Å². The molecular weight excluding hydrogens is 530 g/mol. The first kappa shape index (κ1) is 26.6. The Labute approximate surface area is 214 Å². The number of alkyl halides is 3. The lowest BCUT2D eigenvalue weighted by Gasteiger charge is -2.16. The van der Waals surface area contributed by atoms with Crippen molar-refractivity contribution in [3.8, 4) is 10.6 Å². The summed E-state index contributed by atoms with van der Waals surface area (Å²) in [6.45, 7) is 1.43. The Morgan fingerprint density at radius 1 is 1.08 bits per heavy atom. The number of thiophene rings is 1. The molecule has 4 rings (SSSR count). The zero-order valence-electron chi connectivity index (χ0n) is 19.6. The Bertz CT molecular complexity index is 1550. The lowest BCUT2D eigenvalue weighted by atomic mass is 9.99. The van der Waals surface area contributed by atoms with Gasteiger partial charge in [-0.15, -0.1) is 11.3 Å². The molecule has 0 aliphatic heterocycles. The number of aromatic nitrogens is 1. The van der Waals surface area contributed by atoms with Gasteiger partial charge in [0, 0.05) is 11.2 Å². The number of rotatable bonds is 7. The van der Waals surface area contributed by atoms with E-state index in [0.717, 1.165) is 28.5 Å². The number of anilines is 1. The largest absolute Gasteiger partial charge is 0.433 e. The average molecular weight is 552 g/mol. The number of nitrogens with zero attached hydrogens (tertiary/aromatic N) is 1. The van der Waals surface area contributed by atoms with Crippen LogP contribution >= 0.6 is 11.3 Å². The molecule has 194 valence electrons. The molecule has 12 heteroatoms. The van der Waals surface area contributed by atoms with Gasteiger partial charge in [0.05, 0.1) is 28.4 Å². The third kappa shape index (κ3) is 6.25. The van der Waals surface area contributed by atoms with Gasteiger partial charge in [-0.25, -0.2) is 17.8 Å². The molecule has 6 nitrogen and oxygen atoms in total. The van der Waals surface area contributed by atoms with Gasteiger partial charge < -0.3 is 5.32 Å². The van der Waals surface area contributed by atoms with Gasteiger partial charge in [-0.1, -0.05) is 30.3 Å². The molecule has 1 atom stereocenters. The number of benzene rings is 2. The molecule has 0 spiro atoms. The fourth-order valence-electron chi connectivity index (χ4n) is 3.67. The third-order valence-corrected chi connectivity index (χ3v) is 7.28. The molecule has 0 radical (unpaired) electrons. The summed E-state index contributed by atoms with van der Waals surface area (Å²) in [7, 11) is -3.68. The van der Waals surface area contributed by atoms with E-state index in [4.69, 9.17) is 0 Å². The molecule has 0 bridgehead atoms. The molecule has 2 aromatic heterocycles. The van der Waals surface area contributed by atoms with E-state index in [1.54, 1.807) is 6.07 Å². The van der Waals surface area contributed by atoms with Crippen molar-refractivity contribution in [1.29, 1.82) is 0 Å². The van der Waals surface area contributed by atoms with E-state index in [9.17, 15) is 30.8 Å². The monoisotopic (exact) mass is 551 g/mol. The molecule has 0 saturated carbocycles. The molecule has 2 N–H and O–H groups in total. The van der Waals surface area contributed by atoms with Crippen LogP contribution in [0.15, 0.2) is 60.7 Å². The van der Waals surface area contributed by atoms with Crippen molar-refractivity contribution in [2.75, 3.05) is 11.0 Å². The Balaban J connectivity index is 1.57. The average Bonchev–Trinajstić information content (AvgIpc) is 3.26. The number of sulfonamides is 1. The number of halogens is 4. The molecule has 1 amide bonds. The number of hydrogen-bond acceptors (Lipinski definition) is 5. The second-order valence-electron chi connectivity index (χ2n) is 8.40. The van der Waals surface area contributed by atoms with Crippen LogP contribution in [-0.2, 0) is 27.5 Å². The number of fused-ring (bicyclic) bond motifs is 1. The Morgan fingerprint density at radius 2 is 1.81 bits per heavy atom. The van der Waals surface area contributed by atoms with Gasteiger partial charge in [0.1, 0.15) is 11.5 Å². The fourth-order valence-corrected chi connectivity index (χ4v) is 5.32. The van der Waals surface area contributed by atoms with E-state index in [2.05, 4.69) is 10.3 Å². The van der Waals surface area contributed by atoms with Gasteiger partial charge in [-0.05, 0) is 53.8 Å². The zero-order chi connectivity index (χ0) is 27.0.